The Morgan fingerprint density at radius 3 is 2.70 bits per heavy atom. The number of halogens is 2. The van der Waals surface area contributed by atoms with Gasteiger partial charge in [0.15, 0.2) is 0 Å². The zero-order valence-electron chi connectivity index (χ0n) is 22.5. The van der Waals surface area contributed by atoms with E-state index in [4.69, 9.17) is 16.3 Å². The highest BCUT2D eigenvalue weighted by atomic mass is 35.5. The molecule has 2 aliphatic rings. The zero-order valence-corrected chi connectivity index (χ0v) is 23.3. The molecule has 2 aromatic carbocycles. The minimum Gasteiger partial charge on any atom is -0.383 e. The van der Waals surface area contributed by atoms with Gasteiger partial charge in [-0.1, -0.05) is 35.9 Å². The van der Waals surface area contributed by atoms with Gasteiger partial charge in [-0.15, -0.1) is 5.10 Å². The Morgan fingerprint density at radius 1 is 1.25 bits per heavy atom. The fraction of sp³-hybridized carbons (Fsp3) is 0.379. The molecule has 4 aromatic rings. The monoisotopic (exact) mass is 557 g/mol. The van der Waals surface area contributed by atoms with Crippen LogP contribution in [-0.2, 0) is 10.2 Å². The molecule has 1 aliphatic carbocycles. The molecule has 1 saturated heterocycles. The third-order valence-corrected chi connectivity index (χ3v) is 8.48. The molecule has 2 N–H and O–H groups in total. The molecule has 2 aromatic heterocycles. The van der Waals surface area contributed by atoms with Crippen molar-refractivity contribution in [3.05, 3.63) is 76.5 Å². The van der Waals surface area contributed by atoms with Crippen LogP contribution in [0, 0.1) is 22.6 Å². The Bertz CT molecular complexity index is 1590. The lowest BCUT2D eigenvalue weighted by molar-refractivity contribution is 0.0300. The fourth-order valence-electron chi connectivity index (χ4n) is 5.33. The normalized spacial score (nSPS) is 18.1. The summed E-state index contributed by atoms with van der Waals surface area (Å²) < 4.78 is 21.3. The number of nitriles is 1. The van der Waals surface area contributed by atoms with E-state index in [1.54, 1.807) is 18.3 Å². The minimum absolute atomic E-state index is 0.0504. The number of hydrogen-bond donors (Lipinski definition) is 2. The summed E-state index contributed by atoms with van der Waals surface area (Å²) in [6.45, 7) is 4.39. The third kappa shape index (κ3) is 5.12. The van der Waals surface area contributed by atoms with E-state index in [-0.39, 0.29) is 11.2 Å². The van der Waals surface area contributed by atoms with Gasteiger partial charge in [-0.3, -0.25) is 4.98 Å². The van der Waals surface area contributed by atoms with Gasteiger partial charge in [0.2, 0.25) is 0 Å². The predicted octanol–water partition coefficient (Wildman–Crippen LogP) is 5.00. The van der Waals surface area contributed by atoms with Gasteiger partial charge in [0.05, 0.1) is 39.5 Å². The van der Waals surface area contributed by atoms with Gasteiger partial charge in [0.25, 0.3) is 0 Å². The smallest absolute Gasteiger partial charge is 0.148 e. The Hall–Kier alpha value is -3.68. The van der Waals surface area contributed by atoms with Crippen LogP contribution >= 0.6 is 11.6 Å². The van der Waals surface area contributed by atoms with Crippen molar-refractivity contribution in [2.24, 2.45) is 5.41 Å². The van der Waals surface area contributed by atoms with Gasteiger partial charge in [0.1, 0.15) is 25.4 Å². The average molecular weight is 558 g/mol. The lowest BCUT2D eigenvalue weighted by Gasteiger charge is -2.34. The highest BCUT2D eigenvalue weighted by Crippen LogP contribution is 2.39. The number of pyridine rings is 1. The second-order valence-corrected chi connectivity index (χ2v) is 11.8. The standard InChI is InChI=1S/C29H30BClFN7O/c1-28(8-10-40-11-9-28)17-35-26-18(14-33)15-34-27-23(26)12-21(13-24(27)31)36-29(30,19-2-4-20(32)5-3-19)25-16-39(38-37-25)22-6-7-22/h2-5,12-13,15-16,22,36H,6-11,17,30H2,1H3,(H,34,35). The summed E-state index contributed by atoms with van der Waals surface area (Å²) in [6, 6.07) is 12.8. The van der Waals surface area contributed by atoms with Crippen LogP contribution in [-0.4, -0.2) is 47.6 Å². The van der Waals surface area contributed by atoms with Crippen molar-refractivity contribution in [1.82, 2.24) is 20.0 Å². The lowest BCUT2D eigenvalue weighted by Crippen LogP contribution is -2.37. The molecule has 204 valence electrons. The summed E-state index contributed by atoms with van der Waals surface area (Å²) in [6.07, 6.45) is 7.56. The Labute approximate surface area is 238 Å². The number of hydrogen-bond acceptors (Lipinski definition) is 7. The summed E-state index contributed by atoms with van der Waals surface area (Å²) in [5.41, 5.74) is 3.20. The van der Waals surface area contributed by atoms with Gasteiger partial charge in [-0.25, -0.2) is 9.07 Å². The number of anilines is 2. The summed E-state index contributed by atoms with van der Waals surface area (Å²) in [4.78, 5) is 4.51. The van der Waals surface area contributed by atoms with E-state index >= 15 is 0 Å². The lowest BCUT2D eigenvalue weighted by atomic mass is 9.69. The van der Waals surface area contributed by atoms with Crippen molar-refractivity contribution in [2.45, 2.75) is 44.1 Å². The van der Waals surface area contributed by atoms with Crippen molar-refractivity contribution in [3.8, 4) is 6.07 Å². The number of aromatic nitrogens is 4. The molecular weight excluding hydrogens is 528 g/mol. The number of rotatable bonds is 8. The van der Waals surface area contributed by atoms with E-state index in [9.17, 15) is 9.65 Å². The predicted molar refractivity (Wildman–Crippen MR) is 156 cm³/mol. The van der Waals surface area contributed by atoms with Crippen molar-refractivity contribution in [3.63, 3.8) is 0 Å². The SMILES string of the molecule is BC(Nc1cc(Cl)c2ncc(C#N)c(NCC3(C)CCOCC3)c2c1)(c1ccc(F)cc1)c1cn(C2CC2)nn1. The summed E-state index contributed by atoms with van der Waals surface area (Å²) >= 11 is 6.79. The first kappa shape index (κ1) is 26.5. The highest BCUT2D eigenvalue weighted by Gasteiger charge is 2.35. The maximum absolute atomic E-state index is 13.9. The van der Waals surface area contributed by atoms with Crippen LogP contribution in [0.3, 0.4) is 0 Å². The van der Waals surface area contributed by atoms with Gasteiger partial charge < -0.3 is 15.4 Å². The summed E-state index contributed by atoms with van der Waals surface area (Å²) in [7, 11) is 1.99. The molecule has 3 heterocycles. The topological polar surface area (TPSA) is 101 Å². The van der Waals surface area contributed by atoms with Crippen LogP contribution in [0.5, 0.6) is 0 Å². The van der Waals surface area contributed by atoms with Crippen molar-refractivity contribution >= 4 is 41.7 Å². The molecule has 0 amide bonds. The van der Waals surface area contributed by atoms with Crippen LogP contribution in [0.15, 0.2) is 48.8 Å². The van der Waals surface area contributed by atoms with Crippen LogP contribution in [0.4, 0.5) is 15.8 Å². The minimum atomic E-state index is -0.846. The quantitative estimate of drug-likeness (QED) is 0.294. The fourth-order valence-corrected chi connectivity index (χ4v) is 5.60. The average Bonchev–Trinajstić information content (AvgIpc) is 3.68. The maximum atomic E-state index is 13.9. The molecule has 0 radical (unpaired) electrons. The van der Waals surface area contributed by atoms with E-state index in [1.165, 1.54) is 12.1 Å². The van der Waals surface area contributed by atoms with Crippen LogP contribution < -0.4 is 10.6 Å². The van der Waals surface area contributed by atoms with Crippen LogP contribution in [0.1, 0.15) is 55.5 Å². The molecule has 40 heavy (non-hydrogen) atoms. The molecule has 1 aliphatic heterocycles. The van der Waals surface area contributed by atoms with Crippen molar-refractivity contribution in [1.29, 1.82) is 5.26 Å². The van der Waals surface area contributed by atoms with Crippen molar-refractivity contribution in [2.75, 3.05) is 30.4 Å². The molecule has 1 saturated carbocycles. The van der Waals surface area contributed by atoms with Gasteiger partial charge >= 0.3 is 0 Å². The van der Waals surface area contributed by atoms with Crippen LogP contribution in [0.2, 0.25) is 5.02 Å². The van der Waals surface area contributed by atoms with Crippen LogP contribution in [0.25, 0.3) is 10.9 Å². The van der Waals surface area contributed by atoms with E-state index in [0.717, 1.165) is 49.8 Å². The largest absolute Gasteiger partial charge is 0.383 e. The zero-order chi connectivity index (χ0) is 27.9. The molecule has 11 heteroatoms. The van der Waals surface area contributed by atoms with Gasteiger partial charge in [0, 0.05) is 37.0 Å². The third-order valence-electron chi connectivity index (χ3n) is 8.20. The molecule has 2 fully saturated rings. The molecule has 8 nitrogen and oxygen atoms in total. The van der Waals surface area contributed by atoms with E-state index in [0.29, 0.717) is 45.8 Å². The number of benzene rings is 2. The maximum Gasteiger partial charge on any atom is 0.148 e. The van der Waals surface area contributed by atoms with E-state index in [1.807, 2.05) is 30.9 Å². The summed E-state index contributed by atoms with van der Waals surface area (Å²) in [5.74, 6) is -0.314. The second kappa shape index (κ2) is 10.4. The highest BCUT2D eigenvalue weighted by molar-refractivity contribution is 6.36. The summed E-state index contributed by atoms with van der Waals surface area (Å²) in [5, 5.41) is 27.2. The Morgan fingerprint density at radius 2 is 2.00 bits per heavy atom. The second-order valence-electron chi connectivity index (χ2n) is 11.4. The molecule has 1 unspecified atom stereocenters. The van der Waals surface area contributed by atoms with E-state index in [2.05, 4.69) is 38.9 Å². The molecule has 0 bridgehead atoms. The number of nitrogens with zero attached hydrogens (tertiary/aromatic N) is 5. The molecular formula is C29H30BClFN7O. The van der Waals surface area contributed by atoms with Gasteiger partial charge in [-0.05, 0) is 60.9 Å². The number of fused-ring (bicyclic) bond motifs is 1. The molecule has 6 rings (SSSR count). The Kier molecular flexibility index (Phi) is 6.89. The molecule has 0 spiro atoms. The first-order valence-electron chi connectivity index (χ1n) is 13.6. The van der Waals surface area contributed by atoms with Gasteiger partial charge in [-0.2, -0.15) is 5.26 Å². The van der Waals surface area contributed by atoms with Crippen molar-refractivity contribution < 1.29 is 9.13 Å². The molecule has 1 atom stereocenters. The van der Waals surface area contributed by atoms with E-state index < -0.39 is 5.44 Å². The first-order chi connectivity index (χ1) is 19.3. The first-order valence-corrected chi connectivity index (χ1v) is 14.0. The number of nitrogens with one attached hydrogen (secondary N) is 2. The number of ether oxygens (including phenoxy) is 1. The Balaban J connectivity index is 1.41.